The topological polar surface area (TPSA) is 81.0 Å². The Bertz CT molecular complexity index is 630. The van der Waals surface area contributed by atoms with Crippen LogP contribution in [0.1, 0.15) is 59.8 Å². The number of allylic oxidation sites excluding steroid dienone is 1. The molecule has 7 atom stereocenters. The van der Waals surface area contributed by atoms with Gasteiger partial charge in [-0.05, 0) is 66.6 Å². The molecule has 3 N–H and O–H groups in total. The molecule has 0 heterocycles. The molecular formula is C23H39NO4. The van der Waals surface area contributed by atoms with Gasteiger partial charge in [0.15, 0.2) is 0 Å². The van der Waals surface area contributed by atoms with Crippen molar-refractivity contribution in [2.24, 2.45) is 34.5 Å². The second-order valence-corrected chi connectivity index (χ2v) is 10.5. The van der Waals surface area contributed by atoms with E-state index in [2.05, 4.69) is 27.7 Å². The van der Waals surface area contributed by atoms with Crippen LogP contribution in [0, 0.1) is 34.5 Å². The molecule has 28 heavy (non-hydrogen) atoms. The molecule has 3 aliphatic rings. The lowest BCUT2D eigenvalue weighted by Crippen LogP contribution is -2.61. The minimum atomic E-state index is -0.392. The summed E-state index contributed by atoms with van der Waals surface area (Å²) in [7, 11) is 1.71. The molecule has 1 amide bonds. The lowest BCUT2D eigenvalue weighted by molar-refractivity contribution is -0.190. The van der Waals surface area contributed by atoms with E-state index in [9.17, 15) is 15.0 Å². The summed E-state index contributed by atoms with van der Waals surface area (Å²) >= 11 is 0. The van der Waals surface area contributed by atoms with Crippen LogP contribution in [-0.2, 0) is 4.79 Å². The summed E-state index contributed by atoms with van der Waals surface area (Å²) in [6.45, 7) is 9.18. The van der Waals surface area contributed by atoms with Crippen LogP contribution < -0.4 is 0 Å². The van der Waals surface area contributed by atoms with E-state index < -0.39 is 6.10 Å². The van der Waals surface area contributed by atoms with Gasteiger partial charge in [-0.2, -0.15) is 0 Å². The third-order valence-electron chi connectivity index (χ3n) is 8.77. The number of hydrogen-bond donors (Lipinski definition) is 3. The van der Waals surface area contributed by atoms with Gasteiger partial charge in [0.25, 0.3) is 0 Å². The Kier molecular flexibility index (Phi) is 6.02. The monoisotopic (exact) mass is 393 g/mol. The van der Waals surface area contributed by atoms with Crippen molar-refractivity contribution < 1.29 is 20.1 Å². The van der Waals surface area contributed by atoms with E-state index in [0.717, 1.165) is 37.7 Å². The van der Waals surface area contributed by atoms with E-state index in [-0.39, 0.29) is 41.3 Å². The van der Waals surface area contributed by atoms with E-state index in [0.29, 0.717) is 18.4 Å². The van der Waals surface area contributed by atoms with Gasteiger partial charge in [-0.1, -0.05) is 33.3 Å². The van der Waals surface area contributed by atoms with Crippen molar-refractivity contribution in [3.8, 4) is 0 Å². The lowest BCUT2D eigenvalue weighted by Gasteiger charge is -2.64. The van der Waals surface area contributed by atoms with Crippen molar-refractivity contribution in [1.29, 1.82) is 0 Å². The predicted octanol–water partition coefficient (Wildman–Crippen LogP) is 2.59. The van der Waals surface area contributed by atoms with E-state index >= 15 is 0 Å². The maximum atomic E-state index is 12.4. The van der Waals surface area contributed by atoms with Gasteiger partial charge in [-0.15, -0.1) is 0 Å². The largest absolute Gasteiger partial charge is 0.395 e. The standard InChI is InChI=1S/C23H39NO4/c1-14-15(12-20(28)24(5)10-11-25)6-7-16-21(14)17(26)13-18-22(2,3)19(27)8-9-23(16,18)4/h12,14,16-19,21,25-27H,6-11,13H2,1-5H3/b15-12+/t14-,16+,17-,18-,19-,21-,23+/m0/s1. The van der Waals surface area contributed by atoms with E-state index in [4.69, 9.17) is 5.11 Å². The van der Waals surface area contributed by atoms with Gasteiger partial charge < -0.3 is 20.2 Å². The van der Waals surface area contributed by atoms with Gasteiger partial charge >= 0.3 is 0 Å². The van der Waals surface area contributed by atoms with Crippen molar-refractivity contribution in [2.75, 3.05) is 20.2 Å². The van der Waals surface area contributed by atoms with Gasteiger partial charge in [0.2, 0.25) is 5.91 Å². The van der Waals surface area contributed by atoms with Crippen LogP contribution >= 0.6 is 0 Å². The van der Waals surface area contributed by atoms with Crippen LogP contribution in [-0.4, -0.2) is 58.5 Å². The Balaban J connectivity index is 1.86. The molecule has 0 aromatic carbocycles. The molecule has 0 radical (unpaired) electrons. The summed E-state index contributed by atoms with van der Waals surface area (Å²) in [6.07, 6.45) is 5.51. The van der Waals surface area contributed by atoms with Gasteiger partial charge in [0, 0.05) is 19.7 Å². The second kappa shape index (κ2) is 7.73. The van der Waals surface area contributed by atoms with Crippen LogP contribution in [0.5, 0.6) is 0 Å². The summed E-state index contributed by atoms with van der Waals surface area (Å²) in [5, 5.41) is 30.8. The van der Waals surface area contributed by atoms with Crippen LogP contribution in [0.2, 0.25) is 0 Å². The number of aliphatic hydroxyl groups excluding tert-OH is 3. The highest BCUT2D eigenvalue weighted by Gasteiger charge is 2.60. The van der Waals surface area contributed by atoms with Crippen molar-refractivity contribution in [3.63, 3.8) is 0 Å². The first kappa shape index (κ1) is 21.8. The first-order valence-corrected chi connectivity index (χ1v) is 11.0. The van der Waals surface area contributed by atoms with Gasteiger partial charge in [-0.3, -0.25) is 4.79 Å². The number of carbonyl (C=O) groups is 1. The fourth-order valence-corrected chi connectivity index (χ4v) is 6.93. The number of rotatable bonds is 3. The molecule has 3 saturated carbocycles. The third-order valence-corrected chi connectivity index (χ3v) is 8.77. The molecule has 0 aliphatic heterocycles. The number of carbonyl (C=O) groups excluding carboxylic acids is 1. The molecule has 0 saturated heterocycles. The maximum absolute atomic E-state index is 12.4. The maximum Gasteiger partial charge on any atom is 0.246 e. The van der Waals surface area contributed by atoms with E-state index in [1.165, 1.54) is 0 Å². The number of aliphatic hydroxyl groups is 3. The molecule has 0 spiro atoms. The minimum absolute atomic E-state index is 0.0360. The summed E-state index contributed by atoms with van der Waals surface area (Å²) in [5.41, 5.74) is 1.08. The number of hydrogen-bond acceptors (Lipinski definition) is 4. The molecule has 0 unspecified atom stereocenters. The Labute approximate surface area is 169 Å². The van der Waals surface area contributed by atoms with E-state index in [1.54, 1.807) is 18.0 Å². The molecule has 3 rings (SSSR count). The van der Waals surface area contributed by atoms with Crippen LogP contribution in [0.4, 0.5) is 0 Å². The second-order valence-electron chi connectivity index (χ2n) is 10.5. The quantitative estimate of drug-likeness (QED) is 0.644. The molecule has 160 valence electrons. The summed E-state index contributed by atoms with van der Waals surface area (Å²) in [4.78, 5) is 14.0. The summed E-state index contributed by atoms with van der Waals surface area (Å²) < 4.78 is 0. The average molecular weight is 394 g/mol. The Hall–Kier alpha value is -0.910. The zero-order chi connectivity index (χ0) is 20.9. The van der Waals surface area contributed by atoms with E-state index in [1.807, 2.05) is 0 Å². The van der Waals surface area contributed by atoms with Crippen molar-refractivity contribution in [3.05, 3.63) is 11.6 Å². The molecule has 5 heteroatoms. The number of nitrogens with zero attached hydrogens (tertiary/aromatic N) is 1. The smallest absolute Gasteiger partial charge is 0.246 e. The molecule has 0 aromatic rings. The van der Waals surface area contributed by atoms with Crippen LogP contribution in [0.15, 0.2) is 11.6 Å². The zero-order valence-corrected chi connectivity index (χ0v) is 18.2. The van der Waals surface area contributed by atoms with Crippen LogP contribution in [0.3, 0.4) is 0 Å². The first-order chi connectivity index (χ1) is 13.0. The number of fused-ring (bicyclic) bond motifs is 3. The van der Waals surface area contributed by atoms with Crippen molar-refractivity contribution in [1.82, 2.24) is 4.90 Å². The highest BCUT2D eigenvalue weighted by molar-refractivity contribution is 5.88. The number of likely N-dealkylation sites (N-methyl/N-ethyl adjacent to an activating group) is 1. The Morgan fingerprint density at radius 3 is 2.57 bits per heavy atom. The minimum Gasteiger partial charge on any atom is -0.395 e. The van der Waals surface area contributed by atoms with Gasteiger partial charge in [0.1, 0.15) is 0 Å². The molecular weight excluding hydrogens is 354 g/mol. The Morgan fingerprint density at radius 1 is 1.25 bits per heavy atom. The SMILES string of the molecule is C[C@H]1/C(=C/C(=O)N(C)CCO)CC[C@@H]2[C@H]1[C@@H](O)C[C@H]1C(C)(C)[C@@H](O)CC[C@]21C. The number of amides is 1. The fraction of sp³-hybridized carbons (Fsp3) is 0.870. The Morgan fingerprint density at radius 2 is 1.93 bits per heavy atom. The zero-order valence-electron chi connectivity index (χ0n) is 18.2. The molecule has 5 nitrogen and oxygen atoms in total. The third kappa shape index (κ3) is 3.44. The summed E-state index contributed by atoms with van der Waals surface area (Å²) in [5.74, 6) is 1.02. The summed E-state index contributed by atoms with van der Waals surface area (Å²) in [6, 6.07) is 0. The average Bonchev–Trinajstić information content (AvgIpc) is 2.63. The van der Waals surface area contributed by atoms with Crippen LogP contribution in [0.25, 0.3) is 0 Å². The normalized spacial score (nSPS) is 43.9. The highest BCUT2D eigenvalue weighted by atomic mass is 16.3. The predicted molar refractivity (Wildman–Crippen MR) is 109 cm³/mol. The first-order valence-electron chi connectivity index (χ1n) is 11.0. The van der Waals surface area contributed by atoms with Crippen molar-refractivity contribution in [2.45, 2.75) is 72.0 Å². The molecule has 0 bridgehead atoms. The fourth-order valence-electron chi connectivity index (χ4n) is 6.93. The van der Waals surface area contributed by atoms with Gasteiger partial charge in [0.05, 0.1) is 18.8 Å². The van der Waals surface area contributed by atoms with Crippen molar-refractivity contribution >= 4 is 5.91 Å². The molecule has 0 aromatic heterocycles. The molecule has 3 fully saturated rings. The highest BCUT2D eigenvalue weighted by Crippen LogP contribution is 2.64. The molecule has 3 aliphatic carbocycles. The lowest BCUT2D eigenvalue weighted by atomic mass is 9.42. The van der Waals surface area contributed by atoms with Gasteiger partial charge in [-0.25, -0.2) is 0 Å².